The summed E-state index contributed by atoms with van der Waals surface area (Å²) >= 11 is 0. The third kappa shape index (κ3) is 5.04. The van der Waals surface area contributed by atoms with Crippen molar-refractivity contribution >= 4 is 11.6 Å². The molecule has 6 heteroatoms. The molecule has 0 aliphatic rings. The van der Waals surface area contributed by atoms with Crippen molar-refractivity contribution in [1.29, 1.82) is 0 Å². The van der Waals surface area contributed by atoms with Gasteiger partial charge in [-0.25, -0.2) is 4.39 Å². The number of halogens is 1. The Bertz CT molecular complexity index is 679. The molecule has 24 heavy (non-hydrogen) atoms. The Morgan fingerprint density at radius 2 is 1.92 bits per heavy atom. The zero-order chi connectivity index (χ0) is 17.4. The van der Waals surface area contributed by atoms with Crippen molar-refractivity contribution in [3.63, 3.8) is 0 Å². The van der Waals surface area contributed by atoms with Gasteiger partial charge >= 0.3 is 0 Å². The molecule has 1 amide bonds. The van der Waals surface area contributed by atoms with E-state index in [4.69, 9.17) is 4.74 Å². The summed E-state index contributed by atoms with van der Waals surface area (Å²) in [5.74, 6) is -0.109. The van der Waals surface area contributed by atoms with Crippen molar-refractivity contribution in [2.24, 2.45) is 0 Å². The Balaban J connectivity index is 2.02. The van der Waals surface area contributed by atoms with Crippen LogP contribution in [0.1, 0.15) is 5.56 Å². The minimum Gasteiger partial charge on any atom is -0.496 e. The van der Waals surface area contributed by atoms with Crippen LogP contribution in [0.25, 0.3) is 0 Å². The van der Waals surface area contributed by atoms with Gasteiger partial charge in [0.1, 0.15) is 11.6 Å². The summed E-state index contributed by atoms with van der Waals surface area (Å²) in [4.78, 5) is 13.9. The minimum absolute atomic E-state index is 0.0347. The fourth-order valence-corrected chi connectivity index (χ4v) is 2.39. The quantitative estimate of drug-likeness (QED) is 0.778. The fourth-order valence-electron chi connectivity index (χ4n) is 2.39. The largest absolute Gasteiger partial charge is 0.496 e. The van der Waals surface area contributed by atoms with Crippen LogP contribution >= 0.6 is 0 Å². The SMILES string of the molecule is COc1ccccc1CN(CCO)CC(=O)Nc1ccccc1F. The van der Waals surface area contributed by atoms with Gasteiger partial charge in [-0.05, 0) is 18.2 Å². The number of benzene rings is 2. The van der Waals surface area contributed by atoms with E-state index in [2.05, 4.69) is 5.32 Å². The maximum Gasteiger partial charge on any atom is 0.238 e. The van der Waals surface area contributed by atoms with Crippen LogP contribution in [0, 0.1) is 5.82 Å². The highest BCUT2D eigenvalue weighted by Crippen LogP contribution is 2.19. The van der Waals surface area contributed by atoms with Crippen LogP contribution in [-0.2, 0) is 11.3 Å². The van der Waals surface area contributed by atoms with E-state index < -0.39 is 5.82 Å². The highest BCUT2D eigenvalue weighted by Gasteiger charge is 2.14. The van der Waals surface area contributed by atoms with Crippen LogP contribution in [0.4, 0.5) is 10.1 Å². The van der Waals surface area contributed by atoms with Gasteiger partial charge in [0.15, 0.2) is 0 Å². The van der Waals surface area contributed by atoms with Crippen LogP contribution in [-0.4, -0.2) is 42.7 Å². The summed E-state index contributed by atoms with van der Waals surface area (Å²) in [6.07, 6.45) is 0. The number of amides is 1. The van der Waals surface area contributed by atoms with E-state index in [0.29, 0.717) is 13.1 Å². The number of aliphatic hydroxyl groups excluding tert-OH is 1. The van der Waals surface area contributed by atoms with Crippen LogP contribution in [0.5, 0.6) is 5.75 Å². The molecule has 0 saturated carbocycles. The molecule has 0 unspecified atom stereocenters. The van der Waals surface area contributed by atoms with Crippen molar-refractivity contribution in [1.82, 2.24) is 4.90 Å². The molecule has 0 radical (unpaired) electrons. The first-order valence-corrected chi connectivity index (χ1v) is 7.63. The topological polar surface area (TPSA) is 61.8 Å². The number of carbonyl (C=O) groups excluding carboxylic acids is 1. The number of rotatable bonds is 8. The number of nitrogens with one attached hydrogen (secondary N) is 1. The normalized spacial score (nSPS) is 10.7. The Morgan fingerprint density at radius 3 is 2.62 bits per heavy atom. The van der Waals surface area contributed by atoms with Crippen molar-refractivity contribution in [3.05, 3.63) is 59.9 Å². The number of carbonyl (C=O) groups is 1. The number of aliphatic hydroxyl groups is 1. The van der Waals surface area contributed by atoms with Gasteiger partial charge in [0, 0.05) is 18.7 Å². The molecule has 0 spiro atoms. The lowest BCUT2D eigenvalue weighted by atomic mass is 10.2. The molecule has 2 N–H and O–H groups in total. The highest BCUT2D eigenvalue weighted by atomic mass is 19.1. The summed E-state index contributed by atoms with van der Waals surface area (Å²) in [7, 11) is 1.58. The van der Waals surface area contributed by atoms with E-state index in [9.17, 15) is 14.3 Å². The average molecular weight is 332 g/mol. The molecule has 2 rings (SSSR count). The smallest absolute Gasteiger partial charge is 0.238 e. The number of ether oxygens (including phenoxy) is 1. The molecule has 0 fully saturated rings. The highest BCUT2D eigenvalue weighted by molar-refractivity contribution is 5.92. The first-order valence-electron chi connectivity index (χ1n) is 7.63. The maximum absolute atomic E-state index is 13.6. The van der Waals surface area contributed by atoms with Gasteiger partial charge in [0.25, 0.3) is 0 Å². The molecule has 128 valence electrons. The lowest BCUT2D eigenvalue weighted by Gasteiger charge is -2.22. The van der Waals surface area contributed by atoms with Crippen LogP contribution in [0.3, 0.4) is 0 Å². The molecule has 0 aliphatic heterocycles. The number of hydrogen-bond donors (Lipinski definition) is 2. The van der Waals surface area contributed by atoms with E-state index in [1.165, 1.54) is 12.1 Å². The molecule has 0 atom stereocenters. The molecule has 2 aromatic rings. The Morgan fingerprint density at radius 1 is 1.21 bits per heavy atom. The van der Waals surface area contributed by atoms with Gasteiger partial charge < -0.3 is 15.2 Å². The molecule has 0 aromatic heterocycles. The molecule has 0 aliphatic carbocycles. The van der Waals surface area contributed by atoms with Gasteiger partial charge in [-0.2, -0.15) is 0 Å². The van der Waals surface area contributed by atoms with Crippen molar-refractivity contribution in [2.45, 2.75) is 6.54 Å². The average Bonchev–Trinajstić information content (AvgIpc) is 2.57. The van der Waals surface area contributed by atoms with E-state index >= 15 is 0 Å². The van der Waals surface area contributed by atoms with E-state index in [1.54, 1.807) is 24.1 Å². The summed E-state index contributed by atoms with van der Waals surface area (Å²) in [5, 5.41) is 11.8. The van der Waals surface area contributed by atoms with Crippen molar-refractivity contribution in [2.75, 3.05) is 32.1 Å². The second kappa shape index (κ2) is 9.00. The van der Waals surface area contributed by atoms with Crippen molar-refractivity contribution < 1.29 is 19.0 Å². The third-order valence-electron chi connectivity index (χ3n) is 3.52. The molecule has 5 nitrogen and oxygen atoms in total. The molecular formula is C18H21FN2O3. The van der Waals surface area contributed by atoms with Crippen LogP contribution in [0.15, 0.2) is 48.5 Å². The van der Waals surface area contributed by atoms with Gasteiger partial charge in [-0.15, -0.1) is 0 Å². The summed E-state index contributed by atoms with van der Waals surface area (Å²) in [6.45, 7) is 0.715. The number of para-hydroxylation sites is 2. The predicted octanol–water partition coefficient (Wildman–Crippen LogP) is 2.27. The summed E-state index contributed by atoms with van der Waals surface area (Å²) in [6, 6.07) is 13.5. The Labute approximate surface area is 140 Å². The van der Waals surface area contributed by atoms with Crippen molar-refractivity contribution in [3.8, 4) is 5.75 Å². The van der Waals surface area contributed by atoms with Gasteiger partial charge in [-0.1, -0.05) is 30.3 Å². The monoisotopic (exact) mass is 332 g/mol. The summed E-state index contributed by atoms with van der Waals surface area (Å²) in [5.41, 5.74) is 1.05. The first kappa shape index (κ1) is 17.9. The molecular weight excluding hydrogens is 311 g/mol. The number of hydrogen-bond acceptors (Lipinski definition) is 4. The van der Waals surface area contributed by atoms with Gasteiger partial charge in [-0.3, -0.25) is 9.69 Å². The van der Waals surface area contributed by atoms with E-state index in [-0.39, 0.29) is 24.7 Å². The molecule has 0 saturated heterocycles. The van der Waals surface area contributed by atoms with Crippen LogP contribution < -0.4 is 10.1 Å². The Kier molecular flexibility index (Phi) is 6.72. The van der Waals surface area contributed by atoms with Crippen LogP contribution in [0.2, 0.25) is 0 Å². The zero-order valence-corrected chi connectivity index (χ0v) is 13.5. The summed E-state index contributed by atoms with van der Waals surface area (Å²) < 4.78 is 18.9. The number of methoxy groups -OCH3 is 1. The van der Waals surface area contributed by atoms with Gasteiger partial charge in [0.05, 0.1) is 25.9 Å². The molecule has 0 bridgehead atoms. The second-order valence-corrected chi connectivity index (χ2v) is 5.27. The van der Waals surface area contributed by atoms with Gasteiger partial charge in [0.2, 0.25) is 5.91 Å². The lowest BCUT2D eigenvalue weighted by Crippen LogP contribution is -2.35. The second-order valence-electron chi connectivity index (χ2n) is 5.27. The predicted molar refractivity (Wildman–Crippen MR) is 90.4 cm³/mol. The number of anilines is 1. The first-order chi connectivity index (χ1) is 11.6. The van der Waals surface area contributed by atoms with E-state index in [1.807, 2.05) is 24.3 Å². The minimum atomic E-state index is -0.482. The van der Waals surface area contributed by atoms with E-state index in [0.717, 1.165) is 11.3 Å². The zero-order valence-electron chi connectivity index (χ0n) is 13.5. The maximum atomic E-state index is 13.6. The number of nitrogens with zero attached hydrogens (tertiary/aromatic N) is 1. The lowest BCUT2D eigenvalue weighted by molar-refractivity contribution is -0.117. The fraction of sp³-hybridized carbons (Fsp3) is 0.278. The molecule has 2 aromatic carbocycles. The third-order valence-corrected chi connectivity index (χ3v) is 3.52. The molecule has 0 heterocycles. The standard InChI is InChI=1S/C18H21FN2O3/c1-24-17-9-5-2-6-14(17)12-21(10-11-22)13-18(23)20-16-8-4-3-7-15(16)19/h2-9,22H,10-13H2,1H3,(H,20,23). The Hall–Kier alpha value is -2.44.